The fourth-order valence-electron chi connectivity index (χ4n) is 1.63. The third-order valence-corrected chi connectivity index (χ3v) is 5.33. The van der Waals surface area contributed by atoms with Gasteiger partial charge in [-0.1, -0.05) is 6.92 Å². The van der Waals surface area contributed by atoms with E-state index in [1.807, 2.05) is 5.01 Å². The fourth-order valence-corrected chi connectivity index (χ4v) is 3.80. The molecule has 1 aliphatic rings. The largest absolute Gasteiger partial charge is 0.382 e. The second kappa shape index (κ2) is 5.39. The van der Waals surface area contributed by atoms with Crippen molar-refractivity contribution in [3.8, 4) is 0 Å². The van der Waals surface area contributed by atoms with Crippen LogP contribution in [0.1, 0.15) is 6.92 Å². The number of nitrogens with two attached hydrogens (primary N) is 1. The lowest BCUT2D eigenvalue weighted by molar-refractivity contribution is 0.0497. The molecule has 0 amide bonds. The van der Waals surface area contributed by atoms with Gasteiger partial charge in [0.15, 0.2) is 15.7 Å². The van der Waals surface area contributed by atoms with Gasteiger partial charge < -0.3 is 15.9 Å². The fraction of sp³-hybridized carbons (Fsp3) is 0.667. The number of aromatic nitrogens is 1. The van der Waals surface area contributed by atoms with Gasteiger partial charge in [0.2, 0.25) is 0 Å². The molecule has 2 heterocycles. The summed E-state index contributed by atoms with van der Waals surface area (Å²) in [7, 11) is -3.36. The molecule has 0 aliphatic carbocycles. The third kappa shape index (κ3) is 2.74. The summed E-state index contributed by atoms with van der Waals surface area (Å²) in [5.74, 6) is 0.0746. The first-order chi connectivity index (χ1) is 8.54. The average Bonchev–Trinajstić information content (AvgIpc) is 2.72. The third-order valence-electron chi connectivity index (χ3n) is 2.64. The number of sulfone groups is 1. The highest BCUT2D eigenvalue weighted by atomic mass is 32.2. The Hall–Kier alpha value is -0.900. The van der Waals surface area contributed by atoms with E-state index in [1.165, 1.54) is 0 Å². The Labute approximate surface area is 110 Å². The molecule has 9 heteroatoms. The van der Waals surface area contributed by atoms with Crippen molar-refractivity contribution in [1.29, 1.82) is 0 Å². The minimum Gasteiger partial charge on any atom is -0.382 e. The number of nitrogens with zero attached hydrogens (tertiary/aromatic N) is 2. The minimum absolute atomic E-state index is 0.00735. The predicted molar refractivity (Wildman–Crippen MR) is 70.3 cm³/mol. The van der Waals surface area contributed by atoms with Gasteiger partial charge in [-0.3, -0.25) is 0 Å². The van der Waals surface area contributed by atoms with Gasteiger partial charge in [0.25, 0.3) is 0 Å². The molecule has 18 heavy (non-hydrogen) atoms. The standard InChI is InChI=1S/C9H16N4O3S2/c1-2-18(14,15)7-8(10)12-17-9(7)11-13-3-5-16-6-4-13/h11H,2-6H2,1H3,(H2,10,12). The van der Waals surface area contributed by atoms with Gasteiger partial charge in [-0.25, -0.2) is 13.4 Å². The molecule has 1 aromatic rings. The van der Waals surface area contributed by atoms with E-state index in [0.29, 0.717) is 31.3 Å². The van der Waals surface area contributed by atoms with Crippen molar-refractivity contribution in [3.63, 3.8) is 0 Å². The Balaban J connectivity index is 2.23. The van der Waals surface area contributed by atoms with E-state index in [9.17, 15) is 8.42 Å². The minimum atomic E-state index is -3.36. The molecule has 0 aromatic carbocycles. The van der Waals surface area contributed by atoms with Crippen LogP contribution in [0, 0.1) is 0 Å². The summed E-state index contributed by atoms with van der Waals surface area (Å²) < 4.78 is 33.0. The maximum atomic E-state index is 11.9. The van der Waals surface area contributed by atoms with E-state index < -0.39 is 9.84 Å². The summed E-state index contributed by atoms with van der Waals surface area (Å²) in [6.07, 6.45) is 0. The Morgan fingerprint density at radius 2 is 2.17 bits per heavy atom. The van der Waals surface area contributed by atoms with Crippen LogP contribution in [0.15, 0.2) is 4.90 Å². The number of rotatable bonds is 4. The average molecular weight is 292 g/mol. The van der Waals surface area contributed by atoms with E-state index in [4.69, 9.17) is 10.5 Å². The highest BCUT2D eigenvalue weighted by molar-refractivity contribution is 7.91. The lowest BCUT2D eigenvalue weighted by Crippen LogP contribution is -2.40. The van der Waals surface area contributed by atoms with E-state index >= 15 is 0 Å². The van der Waals surface area contributed by atoms with Crippen LogP contribution in [0.2, 0.25) is 0 Å². The number of anilines is 2. The first-order valence-corrected chi connectivity index (χ1v) is 8.04. The number of ether oxygens (including phenoxy) is 1. The molecule has 0 unspecified atom stereocenters. The molecule has 2 rings (SSSR count). The van der Waals surface area contributed by atoms with Crippen molar-refractivity contribution in [2.75, 3.05) is 43.2 Å². The first-order valence-electron chi connectivity index (χ1n) is 5.62. The maximum absolute atomic E-state index is 11.9. The van der Waals surface area contributed by atoms with E-state index in [1.54, 1.807) is 6.92 Å². The molecular weight excluding hydrogens is 276 g/mol. The van der Waals surface area contributed by atoms with Gasteiger partial charge >= 0.3 is 0 Å². The van der Waals surface area contributed by atoms with Crippen LogP contribution in [0.25, 0.3) is 0 Å². The summed E-state index contributed by atoms with van der Waals surface area (Å²) in [6, 6.07) is 0. The van der Waals surface area contributed by atoms with Crippen LogP contribution in [-0.2, 0) is 14.6 Å². The molecule has 0 radical (unpaired) electrons. The van der Waals surface area contributed by atoms with Crippen molar-refractivity contribution in [1.82, 2.24) is 9.38 Å². The molecule has 0 atom stereocenters. The van der Waals surface area contributed by atoms with Crippen molar-refractivity contribution in [3.05, 3.63) is 0 Å². The smallest absolute Gasteiger partial charge is 0.184 e. The van der Waals surface area contributed by atoms with E-state index in [-0.39, 0.29) is 16.5 Å². The molecule has 1 aromatic heterocycles. The monoisotopic (exact) mass is 292 g/mol. The lowest BCUT2D eigenvalue weighted by atomic mass is 10.5. The van der Waals surface area contributed by atoms with Gasteiger partial charge in [0.1, 0.15) is 9.90 Å². The van der Waals surface area contributed by atoms with Crippen LogP contribution < -0.4 is 11.2 Å². The lowest BCUT2D eigenvalue weighted by Gasteiger charge is -2.27. The molecule has 102 valence electrons. The number of nitrogens with one attached hydrogen (secondary N) is 1. The second-order valence-corrected chi connectivity index (χ2v) is 6.83. The Morgan fingerprint density at radius 1 is 1.50 bits per heavy atom. The topological polar surface area (TPSA) is 97.5 Å². The zero-order valence-electron chi connectivity index (χ0n) is 10.0. The van der Waals surface area contributed by atoms with Crippen LogP contribution in [0.5, 0.6) is 0 Å². The highest BCUT2D eigenvalue weighted by Gasteiger charge is 2.25. The van der Waals surface area contributed by atoms with Crippen molar-refractivity contribution >= 4 is 32.2 Å². The zero-order chi connectivity index (χ0) is 13.2. The number of morpholine rings is 1. The summed E-state index contributed by atoms with van der Waals surface area (Å²) >= 11 is 1.06. The molecule has 0 spiro atoms. The first kappa shape index (κ1) is 13.5. The normalized spacial score (nSPS) is 17.8. The summed E-state index contributed by atoms with van der Waals surface area (Å²) in [6.45, 7) is 4.23. The predicted octanol–water partition coefficient (Wildman–Crippen LogP) is 0.178. The zero-order valence-corrected chi connectivity index (χ0v) is 11.7. The number of hydrazine groups is 1. The van der Waals surface area contributed by atoms with Gasteiger partial charge in [0, 0.05) is 13.1 Å². The molecule has 1 saturated heterocycles. The van der Waals surface area contributed by atoms with Crippen LogP contribution in [0.4, 0.5) is 10.8 Å². The number of hydrogen-bond donors (Lipinski definition) is 2. The Bertz CT molecular complexity index is 508. The van der Waals surface area contributed by atoms with Crippen molar-refractivity contribution in [2.45, 2.75) is 11.8 Å². The Kier molecular flexibility index (Phi) is 4.05. The van der Waals surface area contributed by atoms with Gasteiger partial charge in [-0.15, -0.1) is 0 Å². The quantitative estimate of drug-likeness (QED) is 0.816. The second-order valence-electron chi connectivity index (χ2n) is 3.84. The SMILES string of the molecule is CCS(=O)(=O)c1c(N)nsc1NN1CCOCC1. The molecule has 0 saturated carbocycles. The van der Waals surface area contributed by atoms with Crippen LogP contribution in [0.3, 0.4) is 0 Å². The summed E-state index contributed by atoms with van der Waals surface area (Å²) in [5, 5.41) is 2.39. The molecule has 0 bridgehead atoms. The molecule has 1 fully saturated rings. The molecule has 3 N–H and O–H groups in total. The molecule has 7 nitrogen and oxygen atoms in total. The van der Waals surface area contributed by atoms with Crippen molar-refractivity contribution < 1.29 is 13.2 Å². The van der Waals surface area contributed by atoms with Gasteiger partial charge in [0.05, 0.1) is 19.0 Å². The molecular formula is C9H16N4O3S2. The highest BCUT2D eigenvalue weighted by Crippen LogP contribution is 2.32. The van der Waals surface area contributed by atoms with Crippen LogP contribution >= 0.6 is 11.5 Å². The number of hydrogen-bond acceptors (Lipinski definition) is 8. The van der Waals surface area contributed by atoms with Crippen molar-refractivity contribution in [2.24, 2.45) is 0 Å². The number of nitrogen functional groups attached to an aromatic ring is 1. The Morgan fingerprint density at radius 3 is 2.78 bits per heavy atom. The van der Waals surface area contributed by atoms with E-state index in [0.717, 1.165) is 11.5 Å². The summed E-state index contributed by atoms with van der Waals surface area (Å²) in [5.41, 5.74) is 8.71. The van der Waals surface area contributed by atoms with Crippen LogP contribution in [-0.4, -0.2) is 49.9 Å². The maximum Gasteiger partial charge on any atom is 0.184 e. The summed E-state index contributed by atoms with van der Waals surface area (Å²) in [4.78, 5) is 0.112. The van der Waals surface area contributed by atoms with Gasteiger partial charge in [-0.05, 0) is 11.5 Å². The van der Waals surface area contributed by atoms with Gasteiger partial charge in [-0.2, -0.15) is 4.37 Å². The molecule has 1 aliphatic heterocycles. The van der Waals surface area contributed by atoms with E-state index in [2.05, 4.69) is 9.80 Å².